The molecule has 0 unspecified atom stereocenters. The first-order valence-corrected chi connectivity index (χ1v) is 6.06. The standard InChI is InChI=1S/C14H16N4O2/c1-8-4-5-10(11(15)6-8)13(19)18-14-16-9(2)7-12(17-14)20-3/h4-7H,15H2,1-3H3,(H,16,17,18,19). The van der Waals surface area contributed by atoms with Gasteiger partial charge in [0.2, 0.25) is 11.8 Å². The van der Waals surface area contributed by atoms with Gasteiger partial charge in [-0.15, -0.1) is 0 Å². The van der Waals surface area contributed by atoms with Crippen LogP contribution < -0.4 is 15.8 Å². The number of carbonyl (C=O) groups is 1. The summed E-state index contributed by atoms with van der Waals surface area (Å²) in [5.41, 5.74) is 8.33. The van der Waals surface area contributed by atoms with Crippen LogP contribution in [0.1, 0.15) is 21.6 Å². The highest BCUT2D eigenvalue weighted by molar-refractivity contribution is 6.07. The number of anilines is 2. The molecule has 6 heteroatoms. The lowest BCUT2D eigenvalue weighted by atomic mass is 10.1. The van der Waals surface area contributed by atoms with E-state index in [1.54, 1.807) is 25.1 Å². The van der Waals surface area contributed by atoms with Crippen molar-refractivity contribution in [1.82, 2.24) is 9.97 Å². The van der Waals surface area contributed by atoms with Crippen LogP contribution >= 0.6 is 0 Å². The molecule has 0 spiro atoms. The average molecular weight is 272 g/mol. The highest BCUT2D eigenvalue weighted by Gasteiger charge is 2.12. The summed E-state index contributed by atoms with van der Waals surface area (Å²) >= 11 is 0. The third-order valence-electron chi connectivity index (χ3n) is 2.72. The van der Waals surface area contributed by atoms with Gasteiger partial charge in [0.15, 0.2) is 0 Å². The number of hydrogen-bond donors (Lipinski definition) is 2. The zero-order valence-corrected chi connectivity index (χ0v) is 11.6. The number of methoxy groups -OCH3 is 1. The van der Waals surface area contributed by atoms with Gasteiger partial charge in [-0.1, -0.05) is 6.07 Å². The molecule has 3 N–H and O–H groups in total. The summed E-state index contributed by atoms with van der Waals surface area (Å²) in [6, 6.07) is 6.92. The van der Waals surface area contributed by atoms with Crippen molar-refractivity contribution in [2.75, 3.05) is 18.2 Å². The number of nitrogens with two attached hydrogens (primary N) is 1. The molecule has 0 fully saturated rings. The van der Waals surface area contributed by atoms with Gasteiger partial charge in [-0.25, -0.2) is 4.98 Å². The quantitative estimate of drug-likeness (QED) is 0.833. The van der Waals surface area contributed by atoms with Crippen LogP contribution in [0.3, 0.4) is 0 Å². The number of rotatable bonds is 3. The number of aryl methyl sites for hydroxylation is 2. The molecule has 2 aromatic rings. The fraction of sp³-hybridized carbons (Fsp3) is 0.214. The lowest BCUT2D eigenvalue weighted by Gasteiger charge is -2.08. The summed E-state index contributed by atoms with van der Waals surface area (Å²) in [5, 5.41) is 2.61. The van der Waals surface area contributed by atoms with E-state index in [-0.39, 0.29) is 11.9 Å². The summed E-state index contributed by atoms with van der Waals surface area (Å²) in [6.07, 6.45) is 0. The summed E-state index contributed by atoms with van der Waals surface area (Å²) < 4.78 is 5.04. The Kier molecular flexibility index (Phi) is 3.84. The Morgan fingerprint density at radius 2 is 2.00 bits per heavy atom. The average Bonchev–Trinajstić information content (AvgIpc) is 2.37. The van der Waals surface area contributed by atoms with Crippen LogP contribution in [0.5, 0.6) is 5.88 Å². The van der Waals surface area contributed by atoms with Crippen molar-refractivity contribution in [3.8, 4) is 5.88 Å². The molecule has 0 bridgehead atoms. The molecule has 2 rings (SSSR count). The third kappa shape index (κ3) is 3.03. The van der Waals surface area contributed by atoms with Gasteiger partial charge in [0.25, 0.3) is 5.91 Å². The Morgan fingerprint density at radius 3 is 2.65 bits per heavy atom. The van der Waals surface area contributed by atoms with Crippen molar-refractivity contribution in [3.05, 3.63) is 41.1 Å². The maximum atomic E-state index is 12.1. The Hall–Kier alpha value is -2.63. The molecular weight excluding hydrogens is 256 g/mol. The van der Waals surface area contributed by atoms with Crippen LogP contribution in [0.2, 0.25) is 0 Å². The molecule has 0 aliphatic carbocycles. The van der Waals surface area contributed by atoms with Crippen molar-refractivity contribution < 1.29 is 9.53 Å². The molecule has 0 radical (unpaired) electrons. The fourth-order valence-electron chi connectivity index (χ4n) is 1.76. The molecule has 20 heavy (non-hydrogen) atoms. The van der Waals surface area contributed by atoms with Gasteiger partial charge in [0, 0.05) is 17.4 Å². The second-order valence-corrected chi connectivity index (χ2v) is 4.42. The predicted octanol–water partition coefficient (Wildman–Crippen LogP) is 1.94. The van der Waals surface area contributed by atoms with Crippen LogP contribution in [-0.2, 0) is 0 Å². The predicted molar refractivity (Wildman–Crippen MR) is 76.9 cm³/mol. The largest absolute Gasteiger partial charge is 0.481 e. The summed E-state index contributed by atoms with van der Waals surface area (Å²) in [4.78, 5) is 20.3. The van der Waals surface area contributed by atoms with Gasteiger partial charge in [-0.2, -0.15) is 4.98 Å². The minimum Gasteiger partial charge on any atom is -0.481 e. The van der Waals surface area contributed by atoms with Gasteiger partial charge in [0.1, 0.15) is 0 Å². The Labute approximate surface area is 117 Å². The Bertz CT molecular complexity index is 656. The van der Waals surface area contributed by atoms with Crippen LogP contribution in [0, 0.1) is 13.8 Å². The van der Waals surface area contributed by atoms with Gasteiger partial charge in [-0.05, 0) is 31.5 Å². The number of nitrogens with zero attached hydrogens (tertiary/aromatic N) is 2. The molecule has 1 aromatic carbocycles. The summed E-state index contributed by atoms with van der Waals surface area (Å²) in [6.45, 7) is 3.70. The van der Waals surface area contributed by atoms with Crippen LogP contribution in [0.4, 0.5) is 11.6 Å². The van der Waals surface area contributed by atoms with E-state index in [0.717, 1.165) is 5.56 Å². The number of amides is 1. The Morgan fingerprint density at radius 1 is 1.25 bits per heavy atom. The Balaban J connectivity index is 2.25. The van der Waals surface area contributed by atoms with Gasteiger partial charge in [-0.3, -0.25) is 10.1 Å². The SMILES string of the molecule is COc1cc(C)nc(NC(=O)c2ccc(C)cc2N)n1. The molecular formula is C14H16N4O2. The highest BCUT2D eigenvalue weighted by Crippen LogP contribution is 2.16. The molecule has 0 aliphatic heterocycles. The van der Waals surface area contributed by atoms with E-state index < -0.39 is 0 Å². The molecule has 6 nitrogen and oxygen atoms in total. The maximum Gasteiger partial charge on any atom is 0.260 e. The smallest absolute Gasteiger partial charge is 0.260 e. The monoisotopic (exact) mass is 272 g/mol. The van der Waals surface area contributed by atoms with E-state index in [1.807, 2.05) is 13.0 Å². The highest BCUT2D eigenvalue weighted by atomic mass is 16.5. The van der Waals surface area contributed by atoms with E-state index >= 15 is 0 Å². The third-order valence-corrected chi connectivity index (χ3v) is 2.72. The number of ether oxygens (including phenoxy) is 1. The minimum absolute atomic E-state index is 0.187. The second-order valence-electron chi connectivity index (χ2n) is 4.42. The van der Waals surface area contributed by atoms with Crippen molar-refractivity contribution in [2.24, 2.45) is 0 Å². The van der Waals surface area contributed by atoms with Gasteiger partial charge < -0.3 is 10.5 Å². The van der Waals surface area contributed by atoms with E-state index in [2.05, 4.69) is 15.3 Å². The molecule has 0 aliphatic rings. The zero-order valence-electron chi connectivity index (χ0n) is 11.6. The minimum atomic E-state index is -0.352. The van der Waals surface area contributed by atoms with Crippen LogP contribution in [-0.4, -0.2) is 23.0 Å². The number of carbonyl (C=O) groups excluding carboxylic acids is 1. The first kappa shape index (κ1) is 13.8. The first-order valence-electron chi connectivity index (χ1n) is 6.06. The zero-order chi connectivity index (χ0) is 14.7. The summed E-state index contributed by atoms with van der Waals surface area (Å²) in [7, 11) is 1.51. The van der Waals surface area contributed by atoms with Crippen LogP contribution in [0.25, 0.3) is 0 Å². The van der Waals surface area contributed by atoms with Crippen LogP contribution in [0.15, 0.2) is 24.3 Å². The molecule has 104 valence electrons. The molecule has 0 saturated carbocycles. The van der Waals surface area contributed by atoms with Gasteiger partial charge in [0.05, 0.1) is 12.7 Å². The summed E-state index contributed by atoms with van der Waals surface area (Å²) in [5.74, 6) is 0.228. The van der Waals surface area contributed by atoms with Crippen molar-refractivity contribution in [3.63, 3.8) is 0 Å². The van der Waals surface area contributed by atoms with E-state index in [4.69, 9.17) is 10.5 Å². The van der Waals surface area contributed by atoms with Crippen molar-refractivity contribution >= 4 is 17.5 Å². The van der Waals surface area contributed by atoms with Gasteiger partial charge >= 0.3 is 0 Å². The number of aromatic nitrogens is 2. The molecule has 1 aromatic heterocycles. The van der Waals surface area contributed by atoms with E-state index in [1.165, 1.54) is 7.11 Å². The number of nitrogens with one attached hydrogen (secondary N) is 1. The normalized spacial score (nSPS) is 10.2. The second kappa shape index (κ2) is 5.56. The molecule has 0 saturated heterocycles. The molecule has 1 amide bonds. The van der Waals surface area contributed by atoms with E-state index in [9.17, 15) is 4.79 Å². The van der Waals surface area contributed by atoms with E-state index in [0.29, 0.717) is 22.8 Å². The molecule has 1 heterocycles. The lowest BCUT2D eigenvalue weighted by Crippen LogP contribution is -2.16. The number of benzene rings is 1. The topological polar surface area (TPSA) is 90.1 Å². The fourth-order valence-corrected chi connectivity index (χ4v) is 1.76. The number of nitrogen functional groups attached to an aromatic ring is 1. The lowest BCUT2D eigenvalue weighted by molar-refractivity contribution is 0.102. The maximum absolute atomic E-state index is 12.1. The number of hydrogen-bond acceptors (Lipinski definition) is 5. The van der Waals surface area contributed by atoms with Crippen molar-refractivity contribution in [1.29, 1.82) is 0 Å². The first-order chi connectivity index (χ1) is 9.49. The molecule has 0 atom stereocenters. The van der Waals surface area contributed by atoms with Crippen molar-refractivity contribution in [2.45, 2.75) is 13.8 Å².